The van der Waals surface area contributed by atoms with Crippen molar-refractivity contribution in [3.63, 3.8) is 0 Å². The van der Waals surface area contributed by atoms with Crippen LogP contribution in [0.4, 0.5) is 0 Å². The second kappa shape index (κ2) is 11.7. The van der Waals surface area contributed by atoms with E-state index < -0.39 is 9.84 Å². The molecule has 192 valence electrons. The number of methoxy groups -OCH3 is 6. The van der Waals surface area contributed by atoms with Crippen LogP contribution in [0.15, 0.2) is 53.4 Å². The van der Waals surface area contributed by atoms with Crippen LogP contribution in [0.3, 0.4) is 0 Å². The number of sulfone groups is 1. The van der Waals surface area contributed by atoms with Crippen molar-refractivity contribution < 1.29 is 36.8 Å². The van der Waals surface area contributed by atoms with Crippen LogP contribution in [0.5, 0.6) is 34.5 Å². The Balaban J connectivity index is 2.06. The minimum Gasteiger partial charge on any atom is -0.497 e. The summed E-state index contributed by atoms with van der Waals surface area (Å²) in [4.78, 5) is 0.192. The minimum atomic E-state index is -3.66. The number of hydrogen-bond donors (Lipinski definition) is 0. The van der Waals surface area contributed by atoms with E-state index in [1.165, 1.54) is 40.6 Å². The van der Waals surface area contributed by atoms with E-state index in [9.17, 15) is 8.42 Å². The van der Waals surface area contributed by atoms with Crippen molar-refractivity contribution in [3.8, 4) is 34.5 Å². The molecule has 0 heterocycles. The zero-order valence-corrected chi connectivity index (χ0v) is 22.0. The maximum Gasteiger partial charge on any atom is 0.203 e. The molecule has 3 aromatic carbocycles. The second-order valence-corrected chi connectivity index (χ2v) is 9.62. The summed E-state index contributed by atoms with van der Waals surface area (Å²) in [7, 11) is 5.52. The van der Waals surface area contributed by atoms with Crippen LogP contribution in [-0.2, 0) is 15.6 Å². The first kappa shape index (κ1) is 26.7. The van der Waals surface area contributed by atoms with Crippen molar-refractivity contribution in [2.75, 3.05) is 42.7 Å². The molecular weight excluding hydrogens is 484 g/mol. The lowest BCUT2D eigenvalue weighted by molar-refractivity contribution is 0.324. The predicted molar refractivity (Wildman–Crippen MR) is 138 cm³/mol. The molecule has 0 aliphatic heterocycles. The van der Waals surface area contributed by atoms with Gasteiger partial charge in [-0.3, -0.25) is 0 Å². The third kappa shape index (κ3) is 5.85. The van der Waals surface area contributed by atoms with Gasteiger partial charge >= 0.3 is 0 Å². The molecule has 8 nitrogen and oxygen atoms in total. The first-order chi connectivity index (χ1) is 17.3. The van der Waals surface area contributed by atoms with Gasteiger partial charge in [-0.15, -0.1) is 0 Å². The van der Waals surface area contributed by atoms with E-state index in [4.69, 9.17) is 28.4 Å². The van der Waals surface area contributed by atoms with Crippen molar-refractivity contribution >= 4 is 22.0 Å². The van der Waals surface area contributed by atoms with E-state index in [0.29, 0.717) is 45.6 Å². The summed E-state index contributed by atoms with van der Waals surface area (Å²) < 4.78 is 58.7. The van der Waals surface area contributed by atoms with Gasteiger partial charge in [0.2, 0.25) is 5.75 Å². The molecule has 0 aliphatic rings. The van der Waals surface area contributed by atoms with E-state index in [0.717, 1.165) is 5.56 Å². The Hall–Kier alpha value is -3.85. The normalized spacial score (nSPS) is 11.3. The highest BCUT2D eigenvalue weighted by Crippen LogP contribution is 2.39. The first-order valence-corrected chi connectivity index (χ1v) is 12.5. The molecule has 0 radical (unpaired) electrons. The molecule has 36 heavy (non-hydrogen) atoms. The highest BCUT2D eigenvalue weighted by Gasteiger charge is 2.20. The molecule has 0 aromatic heterocycles. The average molecular weight is 515 g/mol. The van der Waals surface area contributed by atoms with Crippen molar-refractivity contribution in [2.24, 2.45) is 0 Å². The van der Waals surface area contributed by atoms with Crippen LogP contribution in [0.1, 0.15) is 16.7 Å². The molecule has 0 saturated carbocycles. The molecule has 0 amide bonds. The van der Waals surface area contributed by atoms with Gasteiger partial charge in [0.25, 0.3) is 0 Å². The fourth-order valence-corrected chi connectivity index (χ4v) is 5.05. The maximum absolute atomic E-state index is 13.2. The average Bonchev–Trinajstić information content (AvgIpc) is 2.91. The number of rotatable bonds is 11. The van der Waals surface area contributed by atoms with E-state index in [-0.39, 0.29) is 10.6 Å². The van der Waals surface area contributed by atoms with Crippen LogP contribution in [0.2, 0.25) is 0 Å². The Morgan fingerprint density at radius 3 is 1.69 bits per heavy atom. The maximum atomic E-state index is 13.2. The van der Waals surface area contributed by atoms with Crippen molar-refractivity contribution in [1.29, 1.82) is 0 Å². The third-order valence-corrected chi connectivity index (χ3v) is 7.23. The summed E-state index contributed by atoms with van der Waals surface area (Å²) in [6.45, 7) is 0. The van der Waals surface area contributed by atoms with E-state index in [2.05, 4.69) is 0 Å². The quantitative estimate of drug-likeness (QED) is 0.335. The van der Waals surface area contributed by atoms with Gasteiger partial charge in [-0.25, -0.2) is 8.42 Å². The van der Waals surface area contributed by atoms with Crippen LogP contribution < -0.4 is 28.4 Å². The molecule has 0 spiro atoms. The third-order valence-electron chi connectivity index (χ3n) is 5.55. The molecule has 0 fully saturated rings. The SMILES string of the molecule is COc1ccc(S(=O)(=O)Cc2cc(OC)c(OC)cc2/C=C\c2cc(OC)c(OC)c(OC)c2)cc1. The molecule has 9 heteroatoms. The Bertz CT molecular complexity index is 1300. The fraction of sp³-hybridized carbons (Fsp3) is 0.259. The van der Waals surface area contributed by atoms with E-state index >= 15 is 0 Å². The Morgan fingerprint density at radius 1 is 0.639 bits per heavy atom. The van der Waals surface area contributed by atoms with Gasteiger partial charge in [0, 0.05) is 0 Å². The second-order valence-electron chi connectivity index (χ2n) is 7.63. The van der Waals surface area contributed by atoms with Crippen LogP contribution in [0, 0.1) is 0 Å². The highest BCUT2D eigenvalue weighted by atomic mass is 32.2. The zero-order chi connectivity index (χ0) is 26.3. The minimum absolute atomic E-state index is 0.192. The lowest BCUT2D eigenvalue weighted by Gasteiger charge is -2.14. The lowest BCUT2D eigenvalue weighted by Crippen LogP contribution is -2.07. The Kier molecular flexibility index (Phi) is 8.71. The summed E-state index contributed by atoms with van der Waals surface area (Å²) >= 11 is 0. The number of ether oxygens (including phenoxy) is 6. The molecule has 3 aromatic rings. The van der Waals surface area contributed by atoms with Gasteiger partial charge in [0.05, 0.1) is 53.3 Å². The smallest absolute Gasteiger partial charge is 0.203 e. The first-order valence-electron chi connectivity index (χ1n) is 10.9. The van der Waals surface area contributed by atoms with Gasteiger partial charge in [-0.2, -0.15) is 0 Å². The van der Waals surface area contributed by atoms with E-state index in [1.54, 1.807) is 50.6 Å². The molecule has 0 aliphatic carbocycles. The monoisotopic (exact) mass is 514 g/mol. The number of hydrogen-bond acceptors (Lipinski definition) is 8. The lowest BCUT2D eigenvalue weighted by atomic mass is 10.1. The van der Waals surface area contributed by atoms with Crippen molar-refractivity contribution in [1.82, 2.24) is 0 Å². The summed E-state index contributed by atoms with van der Waals surface area (Å²) in [5.41, 5.74) is 1.97. The molecule has 3 rings (SSSR count). The molecule has 0 unspecified atom stereocenters. The van der Waals surface area contributed by atoms with Crippen LogP contribution in [0.25, 0.3) is 12.2 Å². The van der Waals surface area contributed by atoms with Crippen molar-refractivity contribution in [2.45, 2.75) is 10.6 Å². The summed E-state index contributed by atoms with van der Waals surface area (Å²) in [5, 5.41) is 0. The summed E-state index contributed by atoms with van der Waals surface area (Å²) in [5.74, 6) is 2.74. The van der Waals surface area contributed by atoms with Gasteiger partial charge in [-0.1, -0.05) is 12.2 Å². The molecule has 0 N–H and O–H groups in total. The topological polar surface area (TPSA) is 89.5 Å². The zero-order valence-electron chi connectivity index (χ0n) is 21.2. The largest absolute Gasteiger partial charge is 0.497 e. The predicted octanol–water partition coefficient (Wildman–Crippen LogP) is 4.88. The van der Waals surface area contributed by atoms with Crippen LogP contribution in [-0.4, -0.2) is 51.1 Å². The van der Waals surface area contributed by atoms with E-state index in [1.807, 2.05) is 12.2 Å². The summed E-state index contributed by atoms with van der Waals surface area (Å²) in [6.07, 6.45) is 3.64. The molecule has 0 saturated heterocycles. The molecular formula is C27H30O8S. The Morgan fingerprint density at radius 2 is 1.19 bits per heavy atom. The standard InChI is InChI=1S/C27H30O8S/c1-30-21-9-11-22(12-10-21)36(28,29)17-20-16-24(32-3)23(31-2)15-19(20)8-7-18-13-25(33-4)27(35-6)26(14-18)34-5/h7-16H,17H2,1-6H3/b8-7-. The van der Waals surface area contributed by atoms with Gasteiger partial charge < -0.3 is 28.4 Å². The fourth-order valence-electron chi connectivity index (χ4n) is 3.67. The van der Waals surface area contributed by atoms with Gasteiger partial charge in [0.1, 0.15) is 5.75 Å². The molecule has 0 bridgehead atoms. The number of benzene rings is 3. The van der Waals surface area contributed by atoms with Gasteiger partial charge in [0.15, 0.2) is 32.8 Å². The van der Waals surface area contributed by atoms with Crippen LogP contribution >= 0.6 is 0 Å². The Labute approximate surface area is 211 Å². The molecule has 0 atom stereocenters. The van der Waals surface area contributed by atoms with Crippen molar-refractivity contribution in [3.05, 3.63) is 65.2 Å². The summed E-state index contributed by atoms with van der Waals surface area (Å²) in [6, 6.07) is 13.3. The van der Waals surface area contributed by atoms with Gasteiger partial charge in [-0.05, 0) is 65.2 Å². The highest BCUT2D eigenvalue weighted by molar-refractivity contribution is 7.90.